The Kier molecular flexibility index (Phi) is 4.97. The Labute approximate surface area is 116 Å². The Morgan fingerprint density at radius 2 is 1.84 bits per heavy atom. The van der Waals surface area contributed by atoms with Crippen molar-refractivity contribution in [2.75, 3.05) is 14.1 Å². The highest BCUT2D eigenvalue weighted by atomic mass is 16.1. The van der Waals surface area contributed by atoms with E-state index in [-0.39, 0.29) is 11.8 Å². The lowest BCUT2D eigenvalue weighted by atomic mass is 10.1. The smallest absolute Gasteiger partial charge is 0.223 e. The van der Waals surface area contributed by atoms with Crippen LogP contribution in [0.5, 0.6) is 0 Å². The van der Waals surface area contributed by atoms with Gasteiger partial charge in [-0.2, -0.15) is 0 Å². The van der Waals surface area contributed by atoms with Gasteiger partial charge >= 0.3 is 0 Å². The monoisotopic (exact) mass is 260 g/mol. The van der Waals surface area contributed by atoms with Crippen molar-refractivity contribution >= 4 is 5.91 Å². The van der Waals surface area contributed by atoms with Crippen LogP contribution in [0.2, 0.25) is 0 Å². The Morgan fingerprint density at radius 1 is 1.21 bits per heavy atom. The summed E-state index contributed by atoms with van der Waals surface area (Å²) in [5, 5.41) is 3.10. The van der Waals surface area contributed by atoms with Gasteiger partial charge in [-0.3, -0.25) is 4.79 Å². The molecule has 1 amide bonds. The number of carbonyl (C=O) groups is 1. The van der Waals surface area contributed by atoms with Crippen LogP contribution in [0.4, 0.5) is 0 Å². The van der Waals surface area contributed by atoms with Crippen LogP contribution in [0, 0.1) is 5.92 Å². The molecule has 1 aromatic rings. The van der Waals surface area contributed by atoms with Crippen LogP contribution in [-0.4, -0.2) is 24.9 Å². The number of nitrogens with one attached hydrogen (secondary N) is 1. The zero-order chi connectivity index (χ0) is 13.7. The summed E-state index contributed by atoms with van der Waals surface area (Å²) in [6.45, 7) is 1.56. The lowest BCUT2D eigenvalue weighted by Gasteiger charge is -2.16. The van der Waals surface area contributed by atoms with Crippen molar-refractivity contribution in [3.63, 3.8) is 0 Å². The lowest BCUT2D eigenvalue weighted by Crippen LogP contribution is -2.29. The highest BCUT2D eigenvalue weighted by Crippen LogP contribution is 2.24. The van der Waals surface area contributed by atoms with Gasteiger partial charge in [0.2, 0.25) is 5.91 Å². The first kappa shape index (κ1) is 14.1. The SMILES string of the molecule is CN(C)Cc1ccccc1CNC(=O)C1CCCC1. The molecule has 1 N–H and O–H groups in total. The van der Waals surface area contributed by atoms with Gasteiger partial charge in [0.1, 0.15) is 0 Å². The van der Waals surface area contributed by atoms with Crippen LogP contribution in [0.15, 0.2) is 24.3 Å². The highest BCUT2D eigenvalue weighted by Gasteiger charge is 2.22. The zero-order valence-corrected chi connectivity index (χ0v) is 12.0. The third-order valence-electron chi connectivity index (χ3n) is 3.78. The van der Waals surface area contributed by atoms with Gasteiger partial charge in [0, 0.05) is 19.0 Å². The minimum Gasteiger partial charge on any atom is -0.352 e. The minimum atomic E-state index is 0.233. The molecule has 0 unspecified atom stereocenters. The van der Waals surface area contributed by atoms with Crippen LogP contribution in [0.25, 0.3) is 0 Å². The van der Waals surface area contributed by atoms with Crippen LogP contribution in [0.3, 0.4) is 0 Å². The molecule has 3 heteroatoms. The number of rotatable bonds is 5. The van der Waals surface area contributed by atoms with Crippen molar-refractivity contribution in [1.29, 1.82) is 0 Å². The number of hydrogen-bond acceptors (Lipinski definition) is 2. The summed E-state index contributed by atoms with van der Waals surface area (Å²) in [5.41, 5.74) is 2.52. The molecule has 0 heterocycles. The third-order valence-corrected chi connectivity index (χ3v) is 3.78. The van der Waals surface area contributed by atoms with Gasteiger partial charge in [0.15, 0.2) is 0 Å². The first-order chi connectivity index (χ1) is 9.16. The molecule has 1 aliphatic carbocycles. The summed E-state index contributed by atoms with van der Waals surface area (Å²) >= 11 is 0. The molecule has 1 aliphatic rings. The maximum atomic E-state index is 12.0. The number of nitrogens with zero attached hydrogens (tertiary/aromatic N) is 1. The first-order valence-corrected chi connectivity index (χ1v) is 7.16. The van der Waals surface area contributed by atoms with Gasteiger partial charge < -0.3 is 10.2 Å². The van der Waals surface area contributed by atoms with E-state index in [0.29, 0.717) is 6.54 Å². The van der Waals surface area contributed by atoms with Crippen LogP contribution in [-0.2, 0) is 17.9 Å². The Bertz CT molecular complexity index is 423. The van der Waals surface area contributed by atoms with E-state index in [1.165, 1.54) is 24.0 Å². The number of hydrogen-bond donors (Lipinski definition) is 1. The van der Waals surface area contributed by atoms with Gasteiger partial charge in [-0.05, 0) is 38.1 Å². The molecule has 0 bridgehead atoms. The van der Waals surface area contributed by atoms with Gasteiger partial charge in [-0.25, -0.2) is 0 Å². The zero-order valence-electron chi connectivity index (χ0n) is 12.0. The van der Waals surface area contributed by atoms with E-state index < -0.39 is 0 Å². The van der Waals surface area contributed by atoms with E-state index in [2.05, 4.69) is 42.5 Å². The second-order valence-corrected chi connectivity index (χ2v) is 5.71. The van der Waals surface area contributed by atoms with E-state index in [1.807, 2.05) is 6.07 Å². The molecule has 3 nitrogen and oxygen atoms in total. The predicted octanol–water partition coefficient (Wildman–Crippen LogP) is 2.55. The summed E-state index contributed by atoms with van der Waals surface area (Å²) in [4.78, 5) is 14.2. The first-order valence-electron chi connectivity index (χ1n) is 7.16. The lowest BCUT2D eigenvalue weighted by molar-refractivity contribution is -0.124. The van der Waals surface area contributed by atoms with Crippen LogP contribution >= 0.6 is 0 Å². The molecule has 19 heavy (non-hydrogen) atoms. The predicted molar refractivity (Wildman–Crippen MR) is 77.6 cm³/mol. The average Bonchev–Trinajstić information content (AvgIpc) is 2.90. The van der Waals surface area contributed by atoms with Gasteiger partial charge in [0.05, 0.1) is 0 Å². The molecule has 1 fully saturated rings. The Balaban J connectivity index is 1.93. The van der Waals surface area contributed by atoms with E-state index in [9.17, 15) is 4.79 Å². The Morgan fingerprint density at radius 3 is 2.47 bits per heavy atom. The fourth-order valence-electron chi connectivity index (χ4n) is 2.74. The van der Waals surface area contributed by atoms with Gasteiger partial charge in [-0.1, -0.05) is 37.1 Å². The largest absolute Gasteiger partial charge is 0.352 e. The summed E-state index contributed by atoms with van der Waals surface area (Å²) in [7, 11) is 4.13. The molecule has 2 rings (SSSR count). The van der Waals surface area contributed by atoms with Gasteiger partial charge in [0.25, 0.3) is 0 Å². The minimum absolute atomic E-state index is 0.233. The molecule has 0 aromatic heterocycles. The molecule has 104 valence electrons. The maximum absolute atomic E-state index is 12.0. The summed E-state index contributed by atoms with van der Waals surface area (Å²) in [6.07, 6.45) is 4.53. The molecule has 0 aliphatic heterocycles. The van der Waals surface area contributed by atoms with Crippen LogP contribution < -0.4 is 5.32 Å². The molecule has 1 aromatic carbocycles. The van der Waals surface area contributed by atoms with E-state index in [0.717, 1.165) is 19.4 Å². The number of carbonyl (C=O) groups excluding carboxylic acids is 1. The van der Waals surface area contributed by atoms with Crippen molar-refractivity contribution < 1.29 is 4.79 Å². The standard InChI is InChI=1S/C16H24N2O/c1-18(2)12-15-10-6-5-9-14(15)11-17-16(19)13-7-3-4-8-13/h5-6,9-10,13H,3-4,7-8,11-12H2,1-2H3,(H,17,19). The molecule has 0 spiro atoms. The second-order valence-electron chi connectivity index (χ2n) is 5.71. The highest BCUT2D eigenvalue weighted by molar-refractivity contribution is 5.78. The molecule has 0 radical (unpaired) electrons. The Hall–Kier alpha value is -1.35. The van der Waals surface area contributed by atoms with Crippen molar-refractivity contribution in [3.8, 4) is 0 Å². The summed E-state index contributed by atoms with van der Waals surface area (Å²) in [5.74, 6) is 0.484. The van der Waals surface area contributed by atoms with Crippen molar-refractivity contribution in [2.45, 2.75) is 38.8 Å². The quantitative estimate of drug-likeness (QED) is 0.882. The molecule has 0 saturated heterocycles. The number of benzene rings is 1. The number of amides is 1. The normalized spacial score (nSPS) is 15.9. The molecule has 0 atom stereocenters. The summed E-state index contributed by atoms with van der Waals surface area (Å²) in [6, 6.07) is 8.34. The van der Waals surface area contributed by atoms with Crippen LogP contribution in [0.1, 0.15) is 36.8 Å². The third kappa shape index (κ3) is 4.06. The van der Waals surface area contributed by atoms with Gasteiger partial charge in [-0.15, -0.1) is 0 Å². The second kappa shape index (κ2) is 6.71. The van der Waals surface area contributed by atoms with Crippen molar-refractivity contribution in [2.24, 2.45) is 5.92 Å². The average molecular weight is 260 g/mol. The topological polar surface area (TPSA) is 32.3 Å². The summed E-state index contributed by atoms with van der Waals surface area (Å²) < 4.78 is 0. The molecule has 1 saturated carbocycles. The fourth-order valence-corrected chi connectivity index (χ4v) is 2.74. The van der Waals surface area contributed by atoms with Crippen molar-refractivity contribution in [1.82, 2.24) is 10.2 Å². The van der Waals surface area contributed by atoms with E-state index in [4.69, 9.17) is 0 Å². The van der Waals surface area contributed by atoms with E-state index >= 15 is 0 Å². The fraction of sp³-hybridized carbons (Fsp3) is 0.562. The molecular formula is C16H24N2O. The van der Waals surface area contributed by atoms with Crippen molar-refractivity contribution in [3.05, 3.63) is 35.4 Å². The van der Waals surface area contributed by atoms with E-state index in [1.54, 1.807) is 0 Å². The molecular weight excluding hydrogens is 236 g/mol. The maximum Gasteiger partial charge on any atom is 0.223 e.